The van der Waals surface area contributed by atoms with E-state index in [0.717, 1.165) is 62.7 Å². The molecule has 1 aliphatic carbocycles. The van der Waals surface area contributed by atoms with Crippen LogP contribution in [-0.4, -0.2) is 68.2 Å². The van der Waals surface area contributed by atoms with Crippen molar-refractivity contribution in [3.8, 4) is 0 Å². The lowest BCUT2D eigenvalue weighted by atomic mass is 9.88. The Kier molecular flexibility index (Phi) is 7.28. The van der Waals surface area contributed by atoms with Gasteiger partial charge in [0.2, 0.25) is 0 Å². The predicted octanol–water partition coefficient (Wildman–Crippen LogP) is 5.32. The van der Waals surface area contributed by atoms with Gasteiger partial charge in [-0.15, -0.1) is 0 Å². The first kappa shape index (κ1) is 25.6. The smallest absolute Gasteiger partial charge is 0.140 e. The summed E-state index contributed by atoms with van der Waals surface area (Å²) in [6, 6.07) is 15.8. The van der Waals surface area contributed by atoms with Crippen LogP contribution in [-0.2, 0) is 12.0 Å². The van der Waals surface area contributed by atoms with Gasteiger partial charge in [-0.05, 0) is 86.9 Å². The summed E-state index contributed by atoms with van der Waals surface area (Å²) in [5.74, 6) is 2.78. The zero-order chi connectivity index (χ0) is 26.1. The van der Waals surface area contributed by atoms with Crippen LogP contribution in [0.5, 0.6) is 0 Å². The van der Waals surface area contributed by atoms with E-state index in [9.17, 15) is 0 Å². The van der Waals surface area contributed by atoms with Crippen molar-refractivity contribution >= 4 is 22.4 Å². The lowest BCUT2D eigenvalue weighted by molar-refractivity contribution is 0.335. The number of nitrogens with one attached hydrogen (secondary N) is 1. The van der Waals surface area contributed by atoms with E-state index >= 15 is 0 Å². The van der Waals surface area contributed by atoms with Crippen molar-refractivity contribution in [3.05, 3.63) is 59.4 Å². The van der Waals surface area contributed by atoms with E-state index in [1.54, 1.807) is 0 Å². The van der Waals surface area contributed by atoms with Gasteiger partial charge in [-0.1, -0.05) is 31.2 Å². The second-order valence-corrected chi connectivity index (χ2v) is 12.2. The van der Waals surface area contributed by atoms with Gasteiger partial charge in [-0.3, -0.25) is 0 Å². The topological polar surface area (TPSA) is 47.5 Å². The Morgan fingerprint density at radius 2 is 1.74 bits per heavy atom. The highest BCUT2D eigenvalue weighted by atomic mass is 15.2. The summed E-state index contributed by atoms with van der Waals surface area (Å²) in [4.78, 5) is 17.7. The minimum absolute atomic E-state index is 0.154. The Labute approximate surface area is 228 Å². The van der Waals surface area contributed by atoms with E-state index in [2.05, 4.69) is 83.5 Å². The zero-order valence-electron chi connectivity index (χ0n) is 23.5. The van der Waals surface area contributed by atoms with Crippen molar-refractivity contribution in [3.63, 3.8) is 0 Å². The third-order valence-corrected chi connectivity index (χ3v) is 9.07. The van der Waals surface area contributed by atoms with E-state index < -0.39 is 0 Å². The average Bonchev–Trinajstić information content (AvgIpc) is 3.48. The second kappa shape index (κ2) is 10.8. The Morgan fingerprint density at radius 1 is 0.974 bits per heavy atom. The van der Waals surface area contributed by atoms with Gasteiger partial charge in [0.15, 0.2) is 0 Å². The molecule has 6 rings (SSSR count). The average molecular weight is 513 g/mol. The Balaban J connectivity index is 1.21. The van der Waals surface area contributed by atoms with E-state index in [-0.39, 0.29) is 5.41 Å². The lowest BCUT2D eigenvalue weighted by Gasteiger charge is -2.35. The van der Waals surface area contributed by atoms with Gasteiger partial charge in [0, 0.05) is 63.3 Å². The normalized spacial score (nSPS) is 19.8. The van der Waals surface area contributed by atoms with Gasteiger partial charge < -0.3 is 20.0 Å². The van der Waals surface area contributed by atoms with Gasteiger partial charge in [-0.25, -0.2) is 9.97 Å². The van der Waals surface area contributed by atoms with Gasteiger partial charge in [-0.2, -0.15) is 0 Å². The van der Waals surface area contributed by atoms with Crippen LogP contribution >= 0.6 is 0 Å². The van der Waals surface area contributed by atoms with Crippen molar-refractivity contribution in [2.24, 2.45) is 0 Å². The molecule has 0 radical (unpaired) electrons. The van der Waals surface area contributed by atoms with Crippen molar-refractivity contribution in [2.75, 3.05) is 63.2 Å². The molecule has 2 saturated heterocycles. The fraction of sp³-hybridized carbons (Fsp3) is 0.562. The number of likely N-dealkylation sites (tertiary alicyclic amines) is 1. The molecule has 202 valence electrons. The Bertz CT molecular complexity index is 1250. The molecule has 0 unspecified atom stereocenters. The number of hydrogen-bond donors (Lipinski definition) is 1. The summed E-state index contributed by atoms with van der Waals surface area (Å²) in [6.07, 6.45) is 7.41. The molecule has 1 N–H and O–H groups in total. The van der Waals surface area contributed by atoms with Crippen molar-refractivity contribution < 1.29 is 0 Å². The molecule has 3 aliphatic rings. The number of piperidine rings is 1. The monoisotopic (exact) mass is 512 g/mol. The summed E-state index contributed by atoms with van der Waals surface area (Å²) in [6.45, 7) is 10.00. The second-order valence-electron chi connectivity index (χ2n) is 12.2. The Morgan fingerprint density at radius 3 is 2.47 bits per heavy atom. The maximum Gasteiger partial charge on any atom is 0.140 e. The highest BCUT2D eigenvalue weighted by Gasteiger charge is 2.42. The van der Waals surface area contributed by atoms with Gasteiger partial charge in [0.05, 0.1) is 5.52 Å². The van der Waals surface area contributed by atoms with E-state index in [4.69, 9.17) is 9.97 Å². The van der Waals surface area contributed by atoms with Crippen LogP contribution in [0.15, 0.2) is 42.5 Å². The van der Waals surface area contributed by atoms with E-state index in [0.29, 0.717) is 5.92 Å². The van der Waals surface area contributed by atoms with Crippen LogP contribution in [0.25, 0.3) is 10.9 Å². The third-order valence-electron chi connectivity index (χ3n) is 9.07. The molecular weight excluding hydrogens is 468 g/mol. The molecule has 38 heavy (non-hydrogen) atoms. The maximum atomic E-state index is 5.27. The summed E-state index contributed by atoms with van der Waals surface area (Å²) in [5, 5.41) is 4.89. The summed E-state index contributed by atoms with van der Waals surface area (Å²) in [7, 11) is 4.31. The van der Waals surface area contributed by atoms with Crippen LogP contribution in [0.4, 0.5) is 11.5 Å². The zero-order valence-corrected chi connectivity index (χ0v) is 23.5. The summed E-state index contributed by atoms with van der Waals surface area (Å²) in [5.41, 5.74) is 5.41. The SMILES string of the molecule is CN(C)c1ccccc1C1CCN(c2nc(C3(C)CC3)nc3ccc(CNCCN4CCCC4)cc23)CC1. The first-order valence-electron chi connectivity index (χ1n) is 14.8. The first-order valence-corrected chi connectivity index (χ1v) is 14.8. The molecule has 1 saturated carbocycles. The molecule has 2 aromatic carbocycles. The number of benzene rings is 2. The van der Waals surface area contributed by atoms with Crippen LogP contribution in [0.3, 0.4) is 0 Å². The van der Waals surface area contributed by atoms with E-state index in [1.807, 2.05) is 0 Å². The van der Waals surface area contributed by atoms with E-state index in [1.165, 1.54) is 61.0 Å². The Hall–Kier alpha value is -2.70. The highest BCUT2D eigenvalue weighted by Crippen LogP contribution is 2.47. The fourth-order valence-electron chi connectivity index (χ4n) is 6.31. The molecule has 2 aliphatic heterocycles. The largest absolute Gasteiger partial charge is 0.377 e. The molecule has 0 bridgehead atoms. The molecule has 0 atom stereocenters. The van der Waals surface area contributed by atoms with Crippen molar-refractivity contribution in [1.29, 1.82) is 0 Å². The van der Waals surface area contributed by atoms with Gasteiger partial charge in [0.1, 0.15) is 11.6 Å². The van der Waals surface area contributed by atoms with Crippen LogP contribution in [0, 0.1) is 0 Å². The molecule has 0 spiro atoms. The maximum absolute atomic E-state index is 5.27. The molecule has 6 nitrogen and oxygen atoms in total. The molecule has 1 aromatic heterocycles. The number of fused-ring (bicyclic) bond motifs is 1. The molecule has 0 amide bonds. The molecule has 3 aromatic rings. The minimum atomic E-state index is 0.154. The predicted molar refractivity (Wildman–Crippen MR) is 158 cm³/mol. The van der Waals surface area contributed by atoms with Crippen molar-refractivity contribution in [1.82, 2.24) is 20.2 Å². The van der Waals surface area contributed by atoms with Crippen molar-refractivity contribution in [2.45, 2.75) is 63.3 Å². The number of hydrogen-bond acceptors (Lipinski definition) is 6. The van der Waals surface area contributed by atoms with Gasteiger partial charge >= 0.3 is 0 Å². The first-order chi connectivity index (χ1) is 18.5. The standard InChI is InChI=1S/C32H44N6/c1-32(14-15-32)31-34-28-11-10-24(23-33-16-21-37-17-6-7-18-37)22-27(28)30(35-31)38-19-12-25(13-20-38)26-8-4-5-9-29(26)36(2)3/h4-5,8-11,22,25,33H,6-7,12-21,23H2,1-3H3. The number of anilines is 2. The molecular formula is C32H44N6. The van der Waals surface area contributed by atoms with Crippen LogP contribution in [0.2, 0.25) is 0 Å². The molecule has 3 heterocycles. The number of para-hydroxylation sites is 1. The van der Waals surface area contributed by atoms with Crippen LogP contribution < -0.4 is 15.1 Å². The highest BCUT2D eigenvalue weighted by molar-refractivity contribution is 5.90. The summed E-state index contributed by atoms with van der Waals surface area (Å²) < 4.78 is 0. The lowest BCUT2D eigenvalue weighted by Crippen LogP contribution is -2.34. The summed E-state index contributed by atoms with van der Waals surface area (Å²) >= 11 is 0. The molecule has 6 heteroatoms. The third kappa shape index (κ3) is 5.39. The number of nitrogens with zero attached hydrogens (tertiary/aromatic N) is 5. The minimum Gasteiger partial charge on any atom is -0.377 e. The van der Waals surface area contributed by atoms with Crippen LogP contribution in [0.1, 0.15) is 68.3 Å². The fourth-order valence-corrected chi connectivity index (χ4v) is 6.31. The number of aromatic nitrogens is 2. The molecule has 3 fully saturated rings. The number of rotatable bonds is 9. The van der Waals surface area contributed by atoms with Gasteiger partial charge in [0.25, 0.3) is 0 Å². The quantitative estimate of drug-likeness (QED) is 0.392.